The molecule has 0 heterocycles. The van der Waals surface area contributed by atoms with E-state index in [-0.39, 0.29) is 5.82 Å². The van der Waals surface area contributed by atoms with Gasteiger partial charge in [-0.15, -0.1) is 0 Å². The first kappa shape index (κ1) is 13.2. The monoisotopic (exact) mass is 283 g/mol. The van der Waals surface area contributed by atoms with Gasteiger partial charge in [-0.05, 0) is 48.9 Å². The van der Waals surface area contributed by atoms with Crippen molar-refractivity contribution in [1.82, 2.24) is 0 Å². The van der Waals surface area contributed by atoms with Crippen LogP contribution in [0.2, 0.25) is 10.0 Å². The second-order valence-electron chi connectivity index (χ2n) is 4.05. The highest BCUT2D eigenvalue weighted by atomic mass is 35.5. The first-order chi connectivity index (χ1) is 8.56. The highest BCUT2D eigenvalue weighted by molar-refractivity contribution is 6.31. The second kappa shape index (κ2) is 5.59. The molecule has 0 saturated heterocycles. The van der Waals surface area contributed by atoms with Gasteiger partial charge in [0.25, 0.3) is 0 Å². The van der Waals surface area contributed by atoms with Crippen molar-refractivity contribution < 1.29 is 4.39 Å². The van der Waals surface area contributed by atoms with E-state index in [1.54, 1.807) is 12.1 Å². The molecule has 0 aliphatic heterocycles. The summed E-state index contributed by atoms with van der Waals surface area (Å²) in [7, 11) is 0. The third-order valence-electron chi connectivity index (χ3n) is 2.67. The molecule has 4 heteroatoms. The average Bonchev–Trinajstić information content (AvgIpc) is 2.32. The molecule has 0 unspecified atom stereocenters. The van der Waals surface area contributed by atoms with Crippen LogP contribution in [0.4, 0.5) is 10.1 Å². The maximum absolute atomic E-state index is 13.5. The minimum atomic E-state index is -0.265. The third-order valence-corrected chi connectivity index (χ3v) is 3.14. The van der Waals surface area contributed by atoms with Crippen molar-refractivity contribution in [3.8, 4) is 0 Å². The van der Waals surface area contributed by atoms with E-state index in [2.05, 4.69) is 5.32 Å². The first-order valence-corrected chi connectivity index (χ1v) is 6.26. The minimum Gasteiger partial charge on any atom is -0.381 e. The molecular formula is C14H12Cl2FN. The van der Waals surface area contributed by atoms with Crippen molar-refractivity contribution >= 4 is 28.9 Å². The van der Waals surface area contributed by atoms with Crippen molar-refractivity contribution in [3.63, 3.8) is 0 Å². The fourth-order valence-corrected chi connectivity index (χ4v) is 2.12. The first-order valence-electron chi connectivity index (χ1n) is 5.50. The van der Waals surface area contributed by atoms with Crippen LogP contribution in [0.1, 0.15) is 11.1 Å². The lowest BCUT2D eigenvalue weighted by atomic mass is 10.1. The molecular weight excluding hydrogens is 272 g/mol. The Hall–Kier alpha value is -1.25. The third kappa shape index (κ3) is 3.15. The molecule has 0 amide bonds. The molecule has 0 aliphatic rings. The minimum absolute atomic E-state index is 0.265. The molecule has 1 N–H and O–H groups in total. The summed E-state index contributed by atoms with van der Waals surface area (Å²) in [6, 6.07) is 10.1. The largest absolute Gasteiger partial charge is 0.381 e. The van der Waals surface area contributed by atoms with Crippen molar-refractivity contribution in [2.24, 2.45) is 0 Å². The summed E-state index contributed by atoms with van der Waals surface area (Å²) >= 11 is 11.7. The fourth-order valence-electron chi connectivity index (χ4n) is 1.69. The Morgan fingerprint density at radius 2 is 1.72 bits per heavy atom. The maximum atomic E-state index is 13.5. The standard InChI is InChI=1S/C14H12Cl2FN/c1-9-6-11(15)3-5-14(9)18-8-10-7-12(16)2-4-13(10)17/h2-7,18H,8H2,1H3. The Kier molecular flexibility index (Phi) is 4.10. The molecule has 0 atom stereocenters. The number of aryl methyl sites for hydroxylation is 1. The maximum Gasteiger partial charge on any atom is 0.128 e. The number of rotatable bonds is 3. The van der Waals surface area contributed by atoms with Gasteiger partial charge < -0.3 is 5.32 Å². The van der Waals surface area contributed by atoms with Crippen molar-refractivity contribution in [2.45, 2.75) is 13.5 Å². The molecule has 0 fully saturated rings. The normalized spacial score (nSPS) is 10.4. The topological polar surface area (TPSA) is 12.0 Å². The lowest BCUT2D eigenvalue weighted by Crippen LogP contribution is -2.03. The Bertz CT molecular complexity index is 570. The van der Waals surface area contributed by atoms with E-state index in [1.807, 2.05) is 19.1 Å². The summed E-state index contributed by atoms with van der Waals surface area (Å²) in [6.07, 6.45) is 0. The highest BCUT2D eigenvalue weighted by Crippen LogP contribution is 2.21. The van der Waals surface area contributed by atoms with Crippen LogP contribution in [0.25, 0.3) is 0 Å². The van der Waals surface area contributed by atoms with Crippen LogP contribution in [-0.4, -0.2) is 0 Å². The van der Waals surface area contributed by atoms with Crippen LogP contribution >= 0.6 is 23.2 Å². The Morgan fingerprint density at radius 1 is 1.06 bits per heavy atom. The zero-order chi connectivity index (χ0) is 13.1. The summed E-state index contributed by atoms with van der Waals surface area (Å²) in [4.78, 5) is 0. The summed E-state index contributed by atoms with van der Waals surface area (Å²) < 4.78 is 13.5. The van der Waals surface area contributed by atoms with E-state index in [1.165, 1.54) is 12.1 Å². The number of benzene rings is 2. The molecule has 2 rings (SSSR count). The zero-order valence-corrected chi connectivity index (χ0v) is 11.3. The van der Waals surface area contributed by atoms with Gasteiger partial charge in [-0.2, -0.15) is 0 Å². The molecule has 2 aromatic rings. The van der Waals surface area contributed by atoms with E-state index in [9.17, 15) is 4.39 Å². The lowest BCUT2D eigenvalue weighted by Gasteiger charge is -2.10. The van der Waals surface area contributed by atoms with Gasteiger partial charge in [0.1, 0.15) is 5.82 Å². The van der Waals surface area contributed by atoms with Gasteiger partial charge in [-0.1, -0.05) is 23.2 Å². The van der Waals surface area contributed by atoms with Crippen LogP contribution < -0.4 is 5.32 Å². The summed E-state index contributed by atoms with van der Waals surface area (Å²) in [6.45, 7) is 2.33. The predicted octanol–water partition coefficient (Wildman–Crippen LogP) is 5.05. The van der Waals surface area contributed by atoms with E-state index in [0.29, 0.717) is 22.2 Å². The SMILES string of the molecule is Cc1cc(Cl)ccc1NCc1cc(Cl)ccc1F. The van der Waals surface area contributed by atoms with E-state index in [0.717, 1.165) is 11.3 Å². The summed E-state index contributed by atoms with van der Waals surface area (Å²) in [5, 5.41) is 4.38. The molecule has 0 radical (unpaired) electrons. The molecule has 94 valence electrons. The number of halogens is 3. The number of nitrogens with one attached hydrogen (secondary N) is 1. The number of hydrogen-bond donors (Lipinski definition) is 1. The molecule has 0 aliphatic carbocycles. The number of anilines is 1. The van der Waals surface area contributed by atoms with Gasteiger partial charge in [0.2, 0.25) is 0 Å². The molecule has 2 aromatic carbocycles. The van der Waals surface area contributed by atoms with Crippen LogP contribution in [0, 0.1) is 12.7 Å². The van der Waals surface area contributed by atoms with E-state index >= 15 is 0 Å². The van der Waals surface area contributed by atoms with E-state index in [4.69, 9.17) is 23.2 Å². The van der Waals surface area contributed by atoms with Gasteiger partial charge in [-0.3, -0.25) is 0 Å². The Balaban J connectivity index is 2.13. The van der Waals surface area contributed by atoms with Crippen LogP contribution in [0.15, 0.2) is 36.4 Å². The van der Waals surface area contributed by atoms with E-state index < -0.39 is 0 Å². The smallest absolute Gasteiger partial charge is 0.128 e. The molecule has 1 nitrogen and oxygen atoms in total. The molecule has 0 spiro atoms. The highest BCUT2D eigenvalue weighted by Gasteiger charge is 2.04. The Morgan fingerprint density at radius 3 is 2.44 bits per heavy atom. The molecule has 0 saturated carbocycles. The van der Waals surface area contributed by atoms with Crippen LogP contribution in [0.3, 0.4) is 0 Å². The molecule has 0 aromatic heterocycles. The van der Waals surface area contributed by atoms with Crippen LogP contribution in [-0.2, 0) is 6.54 Å². The molecule has 0 bridgehead atoms. The quantitative estimate of drug-likeness (QED) is 0.831. The molecule has 18 heavy (non-hydrogen) atoms. The zero-order valence-electron chi connectivity index (χ0n) is 9.81. The van der Waals surface area contributed by atoms with Crippen molar-refractivity contribution in [2.75, 3.05) is 5.32 Å². The van der Waals surface area contributed by atoms with Gasteiger partial charge in [0.15, 0.2) is 0 Å². The van der Waals surface area contributed by atoms with Crippen molar-refractivity contribution in [1.29, 1.82) is 0 Å². The average molecular weight is 284 g/mol. The van der Waals surface area contributed by atoms with Gasteiger partial charge in [0.05, 0.1) is 0 Å². The lowest BCUT2D eigenvalue weighted by molar-refractivity contribution is 0.613. The fraction of sp³-hybridized carbons (Fsp3) is 0.143. The summed E-state index contributed by atoms with van der Waals surface area (Å²) in [5.74, 6) is -0.265. The van der Waals surface area contributed by atoms with Crippen LogP contribution in [0.5, 0.6) is 0 Å². The van der Waals surface area contributed by atoms with Gasteiger partial charge in [0, 0.05) is 27.8 Å². The predicted molar refractivity (Wildman–Crippen MR) is 74.9 cm³/mol. The second-order valence-corrected chi connectivity index (χ2v) is 4.92. The summed E-state index contributed by atoms with van der Waals surface area (Å²) in [5.41, 5.74) is 2.49. The van der Waals surface area contributed by atoms with Gasteiger partial charge >= 0.3 is 0 Å². The number of hydrogen-bond acceptors (Lipinski definition) is 1. The van der Waals surface area contributed by atoms with Crippen molar-refractivity contribution in [3.05, 3.63) is 63.4 Å². The van der Waals surface area contributed by atoms with Gasteiger partial charge in [-0.25, -0.2) is 4.39 Å². The Labute approximate surface area is 116 Å².